The van der Waals surface area contributed by atoms with E-state index in [1.807, 2.05) is 43.3 Å². The van der Waals surface area contributed by atoms with Gasteiger partial charge in [-0.15, -0.1) is 10.2 Å². The molecule has 1 aliphatic heterocycles. The summed E-state index contributed by atoms with van der Waals surface area (Å²) in [6, 6.07) is 7.95. The predicted octanol–water partition coefficient (Wildman–Crippen LogP) is 2.79. The van der Waals surface area contributed by atoms with Crippen LogP contribution in [0.25, 0.3) is 12.2 Å². The molecule has 0 N–H and O–H groups in total. The topological polar surface area (TPSA) is 47.5 Å². The van der Waals surface area contributed by atoms with Crippen LogP contribution >= 0.6 is 11.3 Å². The van der Waals surface area contributed by atoms with Crippen LogP contribution in [-0.4, -0.2) is 29.5 Å². The Bertz CT molecular complexity index is 591. The summed E-state index contributed by atoms with van der Waals surface area (Å²) >= 11 is 1.57. The van der Waals surface area contributed by atoms with E-state index in [0.717, 1.165) is 27.9 Å². The van der Waals surface area contributed by atoms with Gasteiger partial charge in [0.25, 0.3) is 0 Å². The number of aromatic nitrogens is 2. The second kappa shape index (κ2) is 5.50. The minimum Gasteiger partial charge on any atom is -0.490 e. The molecule has 0 spiro atoms. The molecule has 0 bridgehead atoms. The van der Waals surface area contributed by atoms with Crippen molar-refractivity contribution in [1.82, 2.24) is 10.2 Å². The Kier molecular flexibility index (Phi) is 3.57. The number of ether oxygens (including phenoxy) is 2. The first-order chi connectivity index (χ1) is 9.31. The van der Waals surface area contributed by atoms with Gasteiger partial charge in [-0.1, -0.05) is 29.5 Å². The normalized spacial score (nSPS) is 17.8. The molecule has 1 fully saturated rings. The molecular formula is C14H14N2O2S. The maximum absolute atomic E-state index is 5.75. The van der Waals surface area contributed by atoms with E-state index >= 15 is 0 Å². The van der Waals surface area contributed by atoms with Crippen LogP contribution in [-0.2, 0) is 4.74 Å². The average molecular weight is 274 g/mol. The molecule has 5 heteroatoms. The molecule has 2 aromatic rings. The van der Waals surface area contributed by atoms with Gasteiger partial charge >= 0.3 is 0 Å². The maximum atomic E-state index is 5.75. The third-order valence-corrected chi connectivity index (χ3v) is 3.50. The molecule has 1 aromatic heterocycles. The molecule has 3 rings (SSSR count). The van der Waals surface area contributed by atoms with Gasteiger partial charge < -0.3 is 9.47 Å². The van der Waals surface area contributed by atoms with Crippen LogP contribution in [0.2, 0.25) is 0 Å². The Balaban J connectivity index is 1.73. The fraction of sp³-hybridized carbons (Fsp3) is 0.286. The van der Waals surface area contributed by atoms with Gasteiger partial charge in [-0.2, -0.15) is 0 Å². The number of epoxide rings is 1. The Morgan fingerprint density at radius 2 is 2.21 bits per heavy atom. The van der Waals surface area contributed by atoms with Crippen molar-refractivity contribution in [3.8, 4) is 5.75 Å². The lowest BCUT2D eigenvalue weighted by molar-refractivity contribution is 0.262. The molecule has 1 atom stereocenters. The zero-order chi connectivity index (χ0) is 13.1. The summed E-state index contributed by atoms with van der Waals surface area (Å²) in [6.07, 6.45) is 4.23. The van der Waals surface area contributed by atoms with E-state index in [1.165, 1.54) is 0 Å². The highest BCUT2D eigenvalue weighted by atomic mass is 32.1. The van der Waals surface area contributed by atoms with E-state index in [4.69, 9.17) is 9.47 Å². The zero-order valence-corrected chi connectivity index (χ0v) is 11.4. The Morgan fingerprint density at radius 1 is 1.37 bits per heavy atom. The summed E-state index contributed by atoms with van der Waals surface area (Å²) in [6.45, 7) is 3.37. The van der Waals surface area contributed by atoms with Gasteiger partial charge in [0.1, 0.15) is 28.5 Å². The summed E-state index contributed by atoms with van der Waals surface area (Å²) in [5.41, 5.74) is 1.04. The van der Waals surface area contributed by atoms with Crippen molar-refractivity contribution in [2.45, 2.75) is 13.0 Å². The van der Waals surface area contributed by atoms with E-state index < -0.39 is 0 Å². The summed E-state index contributed by atoms with van der Waals surface area (Å²) in [5, 5.41) is 9.92. The standard InChI is InChI=1S/C14H14N2O2S/c1-10-15-16-14(19-10)7-6-11-4-2-3-5-13(11)18-9-12-8-17-12/h2-7,12H,8-9H2,1H3. The van der Waals surface area contributed by atoms with E-state index in [1.54, 1.807) is 11.3 Å². The predicted molar refractivity (Wildman–Crippen MR) is 75.3 cm³/mol. The van der Waals surface area contributed by atoms with E-state index in [-0.39, 0.29) is 6.10 Å². The molecule has 98 valence electrons. The first kappa shape index (κ1) is 12.3. The van der Waals surface area contributed by atoms with E-state index in [0.29, 0.717) is 6.61 Å². The van der Waals surface area contributed by atoms with Crippen LogP contribution in [0.4, 0.5) is 0 Å². The van der Waals surface area contributed by atoms with Crippen molar-refractivity contribution in [1.29, 1.82) is 0 Å². The first-order valence-electron chi connectivity index (χ1n) is 6.13. The third kappa shape index (κ3) is 3.39. The van der Waals surface area contributed by atoms with Crippen molar-refractivity contribution in [2.24, 2.45) is 0 Å². The first-order valence-corrected chi connectivity index (χ1v) is 6.94. The minimum absolute atomic E-state index is 0.267. The van der Waals surface area contributed by atoms with Gasteiger partial charge in [0.2, 0.25) is 0 Å². The van der Waals surface area contributed by atoms with Crippen molar-refractivity contribution >= 4 is 23.5 Å². The summed E-state index contributed by atoms with van der Waals surface area (Å²) in [5.74, 6) is 0.871. The number of hydrogen-bond acceptors (Lipinski definition) is 5. The Labute approximate surface area is 115 Å². The number of hydrogen-bond donors (Lipinski definition) is 0. The number of benzene rings is 1. The number of rotatable bonds is 5. The molecule has 0 radical (unpaired) electrons. The molecule has 2 heterocycles. The van der Waals surface area contributed by atoms with Gasteiger partial charge in [-0.05, 0) is 25.1 Å². The van der Waals surface area contributed by atoms with Gasteiger partial charge in [-0.3, -0.25) is 0 Å². The number of para-hydroxylation sites is 1. The maximum Gasteiger partial charge on any atom is 0.140 e. The second-order valence-corrected chi connectivity index (χ2v) is 5.51. The van der Waals surface area contributed by atoms with Crippen LogP contribution < -0.4 is 4.74 Å². The molecule has 1 aliphatic rings. The molecule has 0 aliphatic carbocycles. The molecular weight excluding hydrogens is 260 g/mol. The minimum atomic E-state index is 0.267. The molecule has 1 saturated heterocycles. The van der Waals surface area contributed by atoms with Crippen molar-refractivity contribution in [3.05, 3.63) is 39.8 Å². The molecule has 0 amide bonds. The molecule has 1 aromatic carbocycles. The smallest absolute Gasteiger partial charge is 0.140 e. The highest BCUT2D eigenvalue weighted by Crippen LogP contribution is 2.22. The van der Waals surface area contributed by atoms with Gasteiger partial charge in [0.15, 0.2) is 0 Å². The SMILES string of the molecule is Cc1nnc(C=Cc2ccccc2OCC2CO2)s1. The molecule has 4 nitrogen and oxygen atoms in total. The van der Waals surface area contributed by atoms with Gasteiger partial charge in [-0.25, -0.2) is 0 Å². The lowest BCUT2D eigenvalue weighted by Gasteiger charge is -2.07. The largest absolute Gasteiger partial charge is 0.490 e. The summed E-state index contributed by atoms with van der Waals surface area (Å²) < 4.78 is 10.9. The quantitative estimate of drug-likeness (QED) is 0.787. The Morgan fingerprint density at radius 3 is 2.95 bits per heavy atom. The fourth-order valence-electron chi connectivity index (χ4n) is 1.64. The van der Waals surface area contributed by atoms with Crippen LogP contribution in [0.5, 0.6) is 5.75 Å². The third-order valence-electron chi connectivity index (χ3n) is 2.69. The molecule has 1 unspecified atom stereocenters. The zero-order valence-electron chi connectivity index (χ0n) is 10.6. The number of aryl methyl sites for hydroxylation is 1. The second-order valence-electron chi connectivity index (χ2n) is 4.30. The molecule has 0 saturated carbocycles. The lowest BCUT2D eigenvalue weighted by Crippen LogP contribution is -2.04. The van der Waals surface area contributed by atoms with E-state index in [2.05, 4.69) is 10.2 Å². The van der Waals surface area contributed by atoms with Crippen LogP contribution in [0.3, 0.4) is 0 Å². The number of nitrogens with zero attached hydrogens (tertiary/aromatic N) is 2. The van der Waals surface area contributed by atoms with Gasteiger partial charge in [0, 0.05) is 5.56 Å². The highest BCUT2D eigenvalue weighted by molar-refractivity contribution is 7.12. The lowest BCUT2D eigenvalue weighted by atomic mass is 10.2. The van der Waals surface area contributed by atoms with Crippen molar-refractivity contribution in [3.63, 3.8) is 0 Å². The van der Waals surface area contributed by atoms with E-state index in [9.17, 15) is 0 Å². The monoisotopic (exact) mass is 274 g/mol. The van der Waals surface area contributed by atoms with Crippen molar-refractivity contribution < 1.29 is 9.47 Å². The van der Waals surface area contributed by atoms with Crippen LogP contribution in [0.1, 0.15) is 15.6 Å². The average Bonchev–Trinajstić information content (AvgIpc) is 3.17. The van der Waals surface area contributed by atoms with Crippen molar-refractivity contribution in [2.75, 3.05) is 13.2 Å². The van der Waals surface area contributed by atoms with Gasteiger partial charge in [0.05, 0.1) is 6.61 Å². The Hall–Kier alpha value is -1.72. The molecule has 19 heavy (non-hydrogen) atoms. The fourth-order valence-corrected chi connectivity index (χ4v) is 2.24. The van der Waals surface area contributed by atoms with Crippen LogP contribution in [0, 0.1) is 6.92 Å². The summed E-state index contributed by atoms with van der Waals surface area (Å²) in [7, 11) is 0. The highest BCUT2D eigenvalue weighted by Gasteiger charge is 2.23. The summed E-state index contributed by atoms with van der Waals surface area (Å²) in [4.78, 5) is 0. The van der Waals surface area contributed by atoms with Crippen LogP contribution in [0.15, 0.2) is 24.3 Å².